The maximum absolute atomic E-state index is 14.8. The number of hydrogen-bond donors (Lipinski definition) is 1. The van der Waals surface area contributed by atoms with Gasteiger partial charge in [-0.15, -0.1) is 16.4 Å². The van der Waals surface area contributed by atoms with Crippen LogP contribution >= 0.6 is 22.9 Å². The number of nitrogens with zero attached hydrogens (tertiary/aromatic N) is 7. The molecule has 0 amide bonds. The van der Waals surface area contributed by atoms with Gasteiger partial charge in [-0.05, 0) is 47.2 Å². The van der Waals surface area contributed by atoms with E-state index in [0.29, 0.717) is 56.8 Å². The number of carboxylic acid groups (broad SMARTS) is 1. The van der Waals surface area contributed by atoms with E-state index in [9.17, 15) is 19.1 Å². The van der Waals surface area contributed by atoms with Gasteiger partial charge in [0, 0.05) is 45.7 Å². The summed E-state index contributed by atoms with van der Waals surface area (Å²) in [5.74, 6) is -1.15. The molecule has 10 nitrogen and oxygen atoms in total. The first-order valence-corrected chi connectivity index (χ1v) is 12.0. The van der Waals surface area contributed by atoms with Gasteiger partial charge in [0.1, 0.15) is 17.0 Å². The van der Waals surface area contributed by atoms with Crippen molar-refractivity contribution in [2.75, 3.05) is 0 Å². The third-order valence-corrected chi connectivity index (χ3v) is 7.52. The third kappa shape index (κ3) is 3.74. The molecule has 2 aliphatic rings. The number of aliphatic imine (C=N–C) groups is 1. The second-order valence-electron chi connectivity index (χ2n) is 8.25. The number of aromatic carboxylic acids is 1. The van der Waals surface area contributed by atoms with Crippen LogP contribution in [0.2, 0.25) is 5.02 Å². The fourth-order valence-electron chi connectivity index (χ4n) is 4.57. The van der Waals surface area contributed by atoms with Crippen LogP contribution in [0.5, 0.6) is 0 Å². The number of aromatic nitrogens is 6. The number of halogens is 2. The Kier molecular flexibility index (Phi) is 5.34. The van der Waals surface area contributed by atoms with Crippen molar-refractivity contribution in [3.63, 3.8) is 0 Å². The molecule has 0 bridgehead atoms. The molecule has 3 aromatic heterocycles. The van der Waals surface area contributed by atoms with Crippen LogP contribution in [0.4, 0.5) is 4.39 Å². The van der Waals surface area contributed by atoms with E-state index in [1.54, 1.807) is 28.8 Å². The highest BCUT2D eigenvalue weighted by atomic mass is 35.5. The number of aryl methyl sites for hydroxylation is 1. The fourth-order valence-corrected chi connectivity index (χ4v) is 5.61. The molecular formula is C23H15ClFN7O3S. The summed E-state index contributed by atoms with van der Waals surface area (Å²) in [6, 6.07) is 9.14. The third-order valence-electron chi connectivity index (χ3n) is 6.16. The van der Waals surface area contributed by atoms with E-state index >= 15 is 0 Å². The molecule has 0 radical (unpaired) electrons. The number of carboxylic acids is 1. The van der Waals surface area contributed by atoms with Crippen molar-refractivity contribution in [1.82, 2.24) is 29.8 Å². The van der Waals surface area contributed by atoms with Crippen molar-refractivity contribution in [3.8, 4) is 16.9 Å². The molecule has 0 aliphatic carbocycles. The molecule has 4 aromatic rings. The van der Waals surface area contributed by atoms with Gasteiger partial charge in [-0.3, -0.25) is 9.36 Å². The molecule has 180 valence electrons. The summed E-state index contributed by atoms with van der Waals surface area (Å²) < 4.78 is 17.8. The summed E-state index contributed by atoms with van der Waals surface area (Å²) in [4.78, 5) is 34.0. The minimum absolute atomic E-state index is 0.125. The van der Waals surface area contributed by atoms with E-state index in [4.69, 9.17) is 16.6 Å². The molecule has 1 N–H and O–H groups in total. The maximum atomic E-state index is 14.8. The predicted molar refractivity (Wildman–Crippen MR) is 130 cm³/mol. The number of carbonyl (C=O) groups is 1. The Morgan fingerprint density at radius 3 is 2.83 bits per heavy atom. The average molecular weight is 524 g/mol. The summed E-state index contributed by atoms with van der Waals surface area (Å²) >= 11 is 7.23. The monoisotopic (exact) mass is 523 g/mol. The molecule has 6 rings (SSSR count). The number of benzene rings is 1. The lowest BCUT2D eigenvalue weighted by molar-refractivity contribution is 0.0702. The fraction of sp³-hybridized carbons (Fsp3) is 0.174. The Bertz CT molecular complexity index is 1660. The van der Waals surface area contributed by atoms with Crippen LogP contribution in [-0.2, 0) is 6.42 Å². The molecule has 13 heteroatoms. The number of hydrogen-bond acceptors (Lipinski definition) is 8. The van der Waals surface area contributed by atoms with Gasteiger partial charge in [0.2, 0.25) is 5.95 Å². The SMILES string of the molecule is O=C(O)c1ccc(C2=C(F)N=C([C@@H]3CCc4nc(-c5cc(Cl)ccc5-n5cnnn5)cc(=O)n43)C2)s1. The molecule has 0 unspecified atom stereocenters. The second kappa shape index (κ2) is 8.57. The lowest BCUT2D eigenvalue weighted by Gasteiger charge is -2.16. The first kappa shape index (κ1) is 22.4. The summed E-state index contributed by atoms with van der Waals surface area (Å²) in [5.41, 5.74) is 2.19. The Labute approximate surface area is 211 Å². The minimum atomic E-state index is -1.06. The van der Waals surface area contributed by atoms with E-state index in [0.717, 1.165) is 11.3 Å². The lowest BCUT2D eigenvalue weighted by Crippen LogP contribution is -2.28. The minimum Gasteiger partial charge on any atom is -0.477 e. The largest absolute Gasteiger partial charge is 0.477 e. The molecule has 5 heterocycles. The molecule has 0 spiro atoms. The molecule has 1 atom stereocenters. The molecule has 2 aliphatic heterocycles. The predicted octanol–water partition coefficient (Wildman–Crippen LogP) is 3.97. The van der Waals surface area contributed by atoms with Crippen LogP contribution in [0.3, 0.4) is 0 Å². The van der Waals surface area contributed by atoms with Crippen LogP contribution in [-0.4, -0.2) is 46.5 Å². The second-order valence-corrected chi connectivity index (χ2v) is 9.77. The van der Waals surface area contributed by atoms with Crippen LogP contribution in [0.25, 0.3) is 22.5 Å². The first-order chi connectivity index (χ1) is 17.4. The quantitative estimate of drug-likeness (QED) is 0.392. The van der Waals surface area contributed by atoms with Gasteiger partial charge in [-0.1, -0.05) is 11.6 Å². The maximum Gasteiger partial charge on any atom is 0.345 e. The van der Waals surface area contributed by atoms with Crippen LogP contribution in [0, 0.1) is 0 Å². The highest BCUT2D eigenvalue weighted by Gasteiger charge is 2.33. The highest BCUT2D eigenvalue weighted by molar-refractivity contribution is 7.15. The van der Waals surface area contributed by atoms with E-state index < -0.39 is 18.0 Å². The first-order valence-electron chi connectivity index (χ1n) is 10.8. The summed E-state index contributed by atoms with van der Waals surface area (Å²) in [7, 11) is 0. The zero-order chi connectivity index (χ0) is 25.0. The number of fused-ring (bicyclic) bond motifs is 1. The van der Waals surface area contributed by atoms with Gasteiger partial charge >= 0.3 is 5.97 Å². The molecule has 0 fully saturated rings. The molecule has 0 saturated carbocycles. The Morgan fingerprint density at radius 2 is 2.08 bits per heavy atom. The van der Waals surface area contributed by atoms with Crippen LogP contribution in [0.1, 0.15) is 39.3 Å². The van der Waals surface area contributed by atoms with E-state index in [-0.39, 0.29) is 16.9 Å². The van der Waals surface area contributed by atoms with Gasteiger partial charge < -0.3 is 5.11 Å². The summed E-state index contributed by atoms with van der Waals surface area (Å²) in [6.45, 7) is 0. The van der Waals surface area contributed by atoms with Gasteiger partial charge in [0.05, 0.1) is 17.4 Å². The van der Waals surface area contributed by atoms with Crippen molar-refractivity contribution in [2.45, 2.75) is 25.3 Å². The molecule has 1 aromatic carbocycles. The van der Waals surface area contributed by atoms with Crippen LogP contribution < -0.4 is 5.56 Å². The number of allylic oxidation sites excluding steroid dienone is 1. The van der Waals surface area contributed by atoms with E-state index in [1.807, 2.05) is 0 Å². The Balaban J connectivity index is 1.33. The summed E-state index contributed by atoms with van der Waals surface area (Å²) in [6.07, 6.45) is 2.69. The summed E-state index contributed by atoms with van der Waals surface area (Å²) in [5, 5.41) is 20.9. The zero-order valence-corrected chi connectivity index (χ0v) is 19.9. The number of thiophene rings is 1. The van der Waals surface area contributed by atoms with Crippen molar-refractivity contribution in [1.29, 1.82) is 0 Å². The van der Waals surface area contributed by atoms with Gasteiger partial charge in [0.25, 0.3) is 5.56 Å². The Morgan fingerprint density at radius 1 is 1.22 bits per heavy atom. The van der Waals surface area contributed by atoms with Crippen molar-refractivity contribution in [3.05, 3.63) is 79.6 Å². The lowest BCUT2D eigenvalue weighted by atomic mass is 10.0. The van der Waals surface area contributed by atoms with Gasteiger partial charge in [-0.2, -0.15) is 9.07 Å². The Hall–Kier alpha value is -4.03. The van der Waals surface area contributed by atoms with Gasteiger partial charge in [0.15, 0.2) is 0 Å². The highest BCUT2D eigenvalue weighted by Crippen LogP contribution is 2.39. The van der Waals surface area contributed by atoms with Crippen molar-refractivity contribution < 1.29 is 14.3 Å². The van der Waals surface area contributed by atoms with E-state index in [2.05, 4.69) is 20.5 Å². The molecular weight excluding hydrogens is 509 g/mol. The average Bonchev–Trinajstić information content (AvgIpc) is 3.64. The number of tetrazole rings is 1. The van der Waals surface area contributed by atoms with Gasteiger partial charge in [-0.25, -0.2) is 14.8 Å². The standard InChI is InChI=1S/C23H15ClFN7O3S/c24-11-1-2-16(31-10-26-29-30-31)12(7-11)14-9-21(33)32-17(3-6-20(32)27-14)15-8-13(22(25)28-15)18-4-5-19(36-18)23(34)35/h1-2,4-5,7,9-10,17H,3,6,8H2,(H,34,35)/t17-/m0/s1. The topological polar surface area (TPSA) is 128 Å². The van der Waals surface area contributed by atoms with E-state index in [1.165, 1.54) is 23.1 Å². The number of rotatable bonds is 5. The van der Waals surface area contributed by atoms with Crippen LogP contribution in [0.15, 0.2) is 58.5 Å². The molecule has 36 heavy (non-hydrogen) atoms. The van der Waals surface area contributed by atoms with Crippen molar-refractivity contribution in [2.24, 2.45) is 4.99 Å². The smallest absolute Gasteiger partial charge is 0.345 e. The zero-order valence-electron chi connectivity index (χ0n) is 18.3. The normalized spacial score (nSPS) is 16.9. The molecule has 0 saturated heterocycles. The van der Waals surface area contributed by atoms with Crippen molar-refractivity contribution >= 4 is 40.2 Å².